The summed E-state index contributed by atoms with van der Waals surface area (Å²) in [5, 5.41) is 0.408. The van der Waals surface area contributed by atoms with Gasteiger partial charge in [-0.3, -0.25) is 4.90 Å². The minimum absolute atomic E-state index is 0.408. The molecule has 0 radical (unpaired) electrons. The molecule has 0 aromatic carbocycles. The van der Waals surface area contributed by atoms with E-state index in [-0.39, 0.29) is 0 Å². The summed E-state index contributed by atoms with van der Waals surface area (Å²) in [4.78, 5) is 10.4. The van der Waals surface area contributed by atoms with Gasteiger partial charge in [-0.05, 0) is 49.6 Å². The van der Waals surface area contributed by atoms with E-state index in [1.165, 1.54) is 37.1 Å². The van der Waals surface area contributed by atoms with Gasteiger partial charge in [-0.1, -0.05) is 11.6 Å². The summed E-state index contributed by atoms with van der Waals surface area (Å²) in [6, 6.07) is 6.52. The third-order valence-corrected chi connectivity index (χ3v) is 5.51. The largest absolute Gasteiger partial charge is 0.300 e. The van der Waals surface area contributed by atoms with E-state index < -0.39 is 5.95 Å². The van der Waals surface area contributed by atoms with Crippen molar-refractivity contribution in [3.05, 3.63) is 47.3 Å². The van der Waals surface area contributed by atoms with Crippen LogP contribution in [0, 0.1) is 5.95 Å². The first-order valence-electron chi connectivity index (χ1n) is 7.63. The van der Waals surface area contributed by atoms with E-state index in [9.17, 15) is 4.39 Å². The molecule has 5 heteroatoms. The maximum atomic E-state index is 13.4. The first-order chi connectivity index (χ1) is 10.6. The Morgan fingerprint density at radius 2 is 2.14 bits per heavy atom. The lowest BCUT2D eigenvalue weighted by Gasteiger charge is -2.22. The third kappa shape index (κ3) is 2.22. The number of pyridine rings is 2. The van der Waals surface area contributed by atoms with Gasteiger partial charge in [0.15, 0.2) is 0 Å². The summed E-state index contributed by atoms with van der Waals surface area (Å²) in [5.74, 6) is -0.00224. The van der Waals surface area contributed by atoms with Crippen molar-refractivity contribution in [2.75, 3.05) is 7.05 Å². The molecule has 2 aliphatic rings. The highest BCUT2D eigenvalue weighted by Crippen LogP contribution is 2.46. The van der Waals surface area contributed by atoms with Crippen LogP contribution in [0.1, 0.15) is 30.7 Å². The summed E-state index contributed by atoms with van der Waals surface area (Å²) in [5.41, 5.74) is 2.71. The summed E-state index contributed by atoms with van der Waals surface area (Å²) >= 11 is 6.23. The molecule has 2 aromatic heterocycles. The van der Waals surface area contributed by atoms with E-state index in [4.69, 9.17) is 11.6 Å². The second-order valence-corrected chi connectivity index (χ2v) is 6.64. The Labute approximate surface area is 134 Å². The van der Waals surface area contributed by atoms with Crippen molar-refractivity contribution >= 4 is 11.6 Å². The highest BCUT2D eigenvalue weighted by Gasteiger charge is 2.44. The average Bonchev–Trinajstić information content (AvgIpc) is 3.03. The first kappa shape index (κ1) is 14.1. The Morgan fingerprint density at radius 3 is 2.82 bits per heavy atom. The van der Waals surface area contributed by atoms with Gasteiger partial charge in [-0.2, -0.15) is 4.39 Å². The Hall–Kier alpha value is -1.52. The quantitative estimate of drug-likeness (QED) is 0.787. The molecule has 2 fully saturated rings. The number of aromatic nitrogens is 2. The number of rotatable bonds is 2. The first-order valence-corrected chi connectivity index (χ1v) is 8.00. The molecule has 0 unspecified atom stereocenters. The molecule has 2 saturated heterocycles. The molecule has 2 aliphatic heterocycles. The van der Waals surface area contributed by atoms with Gasteiger partial charge < -0.3 is 0 Å². The van der Waals surface area contributed by atoms with Crippen LogP contribution in [0.3, 0.4) is 0 Å². The number of hydrogen-bond donors (Lipinski definition) is 0. The molecule has 0 spiro atoms. The molecule has 2 aromatic rings. The van der Waals surface area contributed by atoms with Gasteiger partial charge in [0, 0.05) is 42.0 Å². The third-order valence-electron chi connectivity index (χ3n) is 5.21. The molecule has 3 atom stereocenters. The van der Waals surface area contributed by atoms with Crippen molar-refractivity contribution in [1.82, 2.24) is 14.9 Å². The summed E-state index contributed by atoms with van der Waals surface area (Å²) in [7, 11) is 2.21. The molecule has 0 aliphatic carbocycles. The van der Waals surface area contributed by atoms with Crippen LogP contribution in [0.2, 0.25) is 5.15 Å². The number of nitrogens with zero attached hydrogens (tertiary/aromatic N) is 3. The maximum Gasteiger partial charge on any atom is 0.213 e. The Bertz CT molecular complexity index is 721. The van der Waals surface area contributed by atoms with Crippen LogP contribution in [0.5, 0.6) is 0 Å². The molecule has 0 saturated carbocycles. The molecule has 2 bridgehead atoms. The normalized spacial score (nSPS) is 27.5. The topological polar surface area (TPSA) is 29.0 Å². The molecular weight excluding hydrogens is 301 g/mol. The minimum atomic E-state index is -0.501. The average molecular weight is 318 g/mol. The summed E-state index contributed by atoms with van der Waals surface area (Å²) in [6.45, 7) is 0. The second-order valence-electron chi connectivity index (χ2n) is 6.28. The smallest absolute Gasteiger partial charge is 0.213 e. The Morgan fingerprint density at radius 1 is 1.27 bits per heavy atom. The van der Waals surface area contributed by atoms with Gasteiger partial charge in [0.25, 0.3) is 0 Å². The summed E-state index contributed by atoms with van der Waals surface area (Å²) < 4.78 is 13.4. The molecule has 0 N–H and O–H groups in total. The molecule has 114 valence electrons. The lowest BCUT2D eigenvalue weighted by molar-refractivity contribution is 0.307. The van der Waals surface area contributed by atoms with Gasteiger partial charge in [0.1, 0.15) is 5.15 Å². The van der Waals surface area contributed by atoms with E-state index >= 15 is 0 Å². The predicted octanol–water partition coefficient (Wildman–Crippen LogP) is 3.89. The van der Waals surface area contributed by atoms with E-state index in [2.05, 4.69) is 28.0 Å². The second kappa shape index (κ2) is 5.28. The molecule has 0 amide bonds. The van der Waals surface area contributed by atoms with Crippen molar-refractivity contribution in [3.63, 3.8) is 0 Å². The highest BCUT2D eigenvalue weighted by atomic mass is 35.5. The molecule has 22 heavy (non-hydrogen) atoms. The van der Waals surface area contributed by atoms with Crippen molar-refractivity contribution in [2.24, 2.45) is 0 Å². The van der Waals surface area contributed by atoms with Crippen molar-refractivity contribution in [2.45, 2.75) is 37.3 Å². The van der Waals surface area contributed by atoms with Crippen LogP contribution in [0.25, 0.3) is 11.1 Å². The molecule has 3 nitrogen and oxygen atoms in total. The maximum absolute atomic E-state index is 13.4. The SMILES string of the molecule is CN1[C@H]2CC[C@@H]1[C@@H](c1cnc(Cl)c(-c3ccnc(F)c3)c1)C2. The Kier molecular flexibility index (Phi) is 3.39. The predicted molar refractivity (Wildman–Crippen MR) is 84.4 cm³/mol. The number of likely N-dealkylation sites (N-methyl/N-ethyl adjacent to an activating group) is 1. The standard InChI is InChI=1S/C17H17ClFN3/c1-22-12-2-3-15(22)13(8-12)11-6-14(17(18)21-9-11)10-4-5-20-16(19)7-10/h4-7,9,12-13,15H,2-3,8H2,1H3/t12-,13+,15+/m0/s1. The van der Waals surface area contributed by atoms with Crippen LogP contribution in [0.4, 0.5) is 4.39 Å². The molecule has 4 heterocycles. The zero-order chi connectivity index (χ0) is 15.3. The van der Waals surface area contributed by atoms with Crippen molar-refractivity contribution in [3.8, 4) is 11.1 Å². The minimum Gasteiger partial charge on any atom is -0.300 e. The van der Waals surface area contributed by atoms with Crippen LogP contribution >= 0.6 is 11.6 Å². The van der Waals surface area contributed by atoms with Crippen LogP contribution in [0.15, 0.2) is 30.6 Å². The van der Waals surface area contributed by atoms with Crippen LogP contribution in [-0.2, 0) is 0 Å². The number of fused-ring (bicyclic) bond motifs is 2. The van der Waals surface area contributed by atoms with Gasteiger partial charge in [-0.15, -0.1) is 0 Å². The monoisotopic (exact) mass is 317 g/mol. The van der Waals surface area contributed by atoms with E-state index in [1.54, 1.807) is 6.07 Å². The Balaban J connectivity index is 1.73. The number of hydrogen-bond acceptors (Lipinski definition) is 3. The lowest BCUT2D eigenvalue weighted by atomic mass is 9.84. The van der Waals surface area contributed by atoms with Crippen molar-refractivity contribution < 1.29 is 4.39 Å². The molecule has 4 rings (SSSR count). The van der Waals surface area contributed by atoms with Gasteiger partial charge >= 0.3 is 0 Å². The zero-order valence-electron chi connectivity index (χ0n) is 12.3. The van der Waals surface area contributed by atoms with Gasteiger partial charge in [0.05, 0.1) is 0 Å². The van der Waals surface area contributed by atoms with Crippen LogP contribution < -0.4 is 0 Å². The molecular formula is C17H17ClFN3. The summed E-state index contributed by atoms with van der Waals surface area (Å²) in [6.07, 6.45) is 7.05. The fourth-order valence-corrected chi connectivity index (χ4v) is 4.27. The van der Waals surface area contributed by atoms with Crippen molar-refractivity contribution in [1.29, 1.82) is 0 Å². The van der Waals surface area contributed by atoms with Gasteiger partial charge in [0.2, 0.25) is 5.95 Å². The lowest BCUT2D eigenvalue weighted by Crippen LogP contribution is -2.25. The van der Waals surface area contributed by atoms with Gasteiger partial charge in [-0.25, -0.2) is 9.97 Å². The zero-order valence-corrected chi connectivity index (χ0v) is 13.1. The van der Waals surface area contributed by atoms with E-state index in [1.807, 2.05) is 6.20 Å². The number of halogens is 2. The highest BCUT2D eigenvalue weighted by molar-refractivity contribution is 6.32. The fraction of sp³-hybridized carbons (Fsp3) is 0.412. The van der Waals surface area contributed by atoms with Crippen LogP contribution in [-0.4, -0.2) is 34.0 Å². The van der Waals surface area contributed by atoms with E-state index in [0.717, 1.165) is 11.1 Å². The van der Waals surface area contributed by atoms with E-state index in [0.29, 0.717) is 23.2 Å². The fourth-order valence-electron chi connectivity index (χ4n) is 4.06.